The van der Waals surface area contributed by atoms with E-state index in [-0.39, 0.29) is 24.4 Å². The Labute approximate surface area is 121 Å². The predicted molar refractivity (Wildman–Crippen MR) is 77.6 cm³/mol. The van der Waals surface area contributed by atoms with Crippen LogP contribution in [0.5, 0.6) is 0 Å². The number of sulfonamides is 1. The molecule has 1 rings (SSSR count). The Hall–Kier alpha value is -0.370. The van der Waals surface area contributed by atoms with Gasteiger partial charge in [-0.1, -0.05) is 12.8 Å². The minimum atomic E-state index is -3.36. The summed E-state index contributed by atoms with van der Waals surface area (Å²) in [6.07, 6.45) is 5.20. The number of carbonyl (C=O) groups excluding carboxylic acids is 1. The van der Waals surface area contributed by atoms with Crippen molar-refractivity contribution in [1.82, 2.24) is 10.0 Å². The van der Waals surface area contributed by atoms with Gasteiger partial charge < -0.3 is 11.1 Å². The summed E-state index contributed by atoms with van der Waals surface area (Å²) in [6.45, 7) is 2.09. The lowest BCUT2D eigenvalue weighted by atomic mass is 9.84. The van der Waals surface area contributed by atoms with Gasteiger partial charge in [-0.15, -0.1) is 12.4 Å². The fraction of sp³-hybridized carbons (Fsp3) is 0.909. The molecule has 3 unspecified atom stereocenters. The van der Waals surface area contributed by atoms with Crippen LogP contribution < -0.4 is 15.8 Å². The number of hydrogen-bond donors (Lipinski definition) is 3. The fourth-order valence-corrected chi connectivity index (χ4v) is 3.11. The molecule has 1 aliphatic rings. The number of hydrogen-bond acceptors (Lipinski definition) is 4. The first kappa shape index (κ1) is 18.6. The maximum Gasteiger partial charge on any atom is 0.238 e. The van der Waals surface area contributed by atoms with Crippen LogP contribution in [0.2, 0.25) is 0 Å². The van der Waals surface area contributed by atoms with Crippen LogP contribution in [0.25, 0.3) is 0 Å². The van der Waals surface area contributed by atoms with Crippen molar-refractivity contribution in [3.8, 4) is 0 Å². The molecule has 0 radical (unpaired) electrons. The maximum absolute atomic E-state index is 11.9. The summed E-state index contributed by atoms with van der Waals surface area (Å²) < 4.78 is 24.4. The predicted octanol–water partition coefficient (Wildman–Crippen LogP) is -0.0204. The van der Waals surface area contributed by atoms with Crippen molar-refractivity contribution in [2.45, 2.75) is 44.7 Å². The second-order valence-electron chi connectivity index (χ2n) is 5.01. The number of rotatable bonds is 5. The standard InChI is InChI=1S/C11H23N3O3S.ClH/c1-8(14-18(2,16)17)11(15)13-10-6-4-3-5-9(10)7-12;/h8-10,14H,3-7,12H2,1-2H3,(H,13,15);1H. The minimum Gasteiger partial charge on any atom is -0.352 e. The van der Waals surface area contributed by atoms with Crippen molar-refractivity contribution >= 4 is 28.3 Å². The SMILES string of the molecule is CC(NS(C)(=O)=O)C(=O)NC1CCCCC1CN.Cl. The number of carbonyl (C=O) groups is 1. The van der Waals surface area contributed by atoms with Crippen molar-refractivity contribution in [3.63, 3.8) is 0 Å². The van der Waals surface area contributed by atoms with Gasteiger partial charge >= 0.3 is 0 Å². The van der Waals surface area contributed by atoms with E-state index >= 15 is 0 Å². The molecule has 0 aromatic carbocycles. The summed E-state index contributed by atoms with van der Waals surface area (Å²) in [5.41, 5.74) is 5.68. The zero-order valence-electron chi connectivity index (χ0n) is 11.4. The van der Waals surface area contributed by atoms with E-state index in [0.29, 0.717) is 12.5 Å². The van der Waals surface area contributed by atoms with Gasteiger partial charge in [-0.25, -0.2) is 13.1 Å². The van der Waals surface area contributed by atoms with Crippen LogP contribution in [0, 0.1) is 5.92 Å². The Kier molecular flexibility index (Phi) is 7.88. The second kappa shape index (κ2) is 8.04. The van der Waals surface area contributed by atoms with E-state index in [0.717, 1.165) is 31.9 Å². The van der Waals surface area contributed by atoms with Crippen LogP contribution in [0.15, 0.2) is 0 Å². The molecule has 0 aliphatic heterocycles. The zero-order chi connectivity index (χ0) is 13.8. The average Bonchev–Trinajstić information content (AvgIpc) is 2.27. The molecule has 1 fully saturated rings. The monoisotopic (exact) mass is 313 g/mol. The molecule has 8 heteroatoms. The Morgan fingerprint density at radius 2 is 1.95 bits per heavy atom. The highest BCUT2D eigenvalue weighted by Crippen LogP contribution is 2.23. The van der Waals surface area contributed by atoms with Gasteiger partial charge in [0, 0.05) is 6.04 Å². The molecule has 1 saturated carbocycles. The summed E-state index contributed by atoms with van der Waals surface area (Å²) >= 11 is 0. The smallest absolute Gasteiger partial charge is 0.238 e. The van der Waals surface area contributed by atoms with E-state index in [2.05, 4.69) is 10.0 Å². The Balaban J connectivity index is 0.00000324. The highest BCUT2D eigenvalue weighted by molar-refractivity contribution is 7.88. The average molecular weight is 314 g/mol. The van der Waals surface area contributed by atoms with Crippen molar-refractivity contribution in [2.24, 2.45) is 11.7 Å². The van der Waals surface area contributed by atoms with E-state index in [1.807, 2.05) is 0 Å². The third-order valence-corrected chi connectivity index (χ3v) is 4.11. The summed E-state index contributed by atoms with van der Waals surface area (Å²) in [4.78, 5) is 11.9. The molecule has 0 spiro atoms. The molecule has 6 nitrogen and oxygen atoms in total. The van der Waals surface area contributed by atoms with Crippen molar-refractivity contribution in [1.29, 1.82) is 0 Å². The highest BCUT2D eigenvalue weighted by Gasteiger charge is 2.27. The van der Waals surface area contributed by atoms with E-state index in [9.17, 15) is 13.2 Å². The second-order valence-corrected chi connectivity index (χ2v) is 6.79. The number of nitrogens with one attached hydrogen (secondary N) is 2. The molecule has 0 saturated heterocycles. The molecule has 4 N–H and O–H groups in total. The first-order valence-corrected chi connectivity index (χ1v) is 8.20. The van der Waals surface area contributed by atoms with Crippen LogP contribution in [0.3, 0.4) is 0 Å². The molecule has 0 aromatic rings. The zero-order valence-corrected chi connectivity index (χ0v) is 13.0. The van der Waals surface area contributed by atoms with Gasteiger partial charge in [0.1, 0.15) is 0 Å². The molecule has 0 aromatic heterocycles. The first-order valence-electron chi connectivity index (χ1n) is 6.31. The van der Waals surface area contributed by atoms with Crippen LogP contribution in [-0.2, 0) is 14.8 Å². The van der Waals surface area contributed by atoms with E-state index in [1.54, 1.807) is 0 Å². The summed E-state index contributed by atoms with van der Waals surface area (Å²) in [5, 5.41) is 2.90. The number of amides is 1. The van der Waals surface area contributed by atoms with Gasteiger partial charge in [0.15, 0.2) is 0 Å². The Bertz CT molecular complexity index is 389. The quantitative estimate of drug-likeness (QED) is 0.664. The minimum absolute atomic E-state index is 0. The van der Waals surface area contributed by atoms with Crippen molar-refractivity contribution < 1.29 is 13.2 Å². The lowest BCUT2D eigenvalue weighted by Crippen LogP contribution is -2.51. The van der Waals surface area contributed by atoms with Gasteiger partial charge in [0.2, 0.25) is 15.9 Å². The molecular weight excluding hydrogens is 290 g/mol. The number of halogens is 1. The third-order valence-electron chi connectivity index (χ3n) is 3.32. The molecule has 0 heterocycles. The lowest BCUT2D eigenvalue weighted by Gasteiger charge is -2.32. The molecule has 1 amide bonds. The van der Waals surface area contributed by atoms with Crippen molar-refractivity contribution in [2.75, 3.05) is 12.8 Å². The van der Waals surface area contributed by atoms with Gasteiger partial charge in [-0.05, 0) is 32.2 Å². The fourth-order valence-electron chi connectivity index (χ4n) is 2.36. The third kappa shape index (κ3) is 6.56. The van der Waals surface area contributed by atoms with E-state index in [4.69, 9.17) is 5.73 Å². The summed E-state index contributed by atoms with van der Waals surface area (Å²) in [7, 11) is -3.36. The molecule has 0 bridgehead atoms. The van der Waals surface area contributed by atoms with Crippen LogP contribution >= 0.6 is 12.4 Å². The van der Waals surface area contributed by atoms with Gasteiger partial charge in [0.25, 0.3) is 0 Å². The van der Waals surface area contributed by atoms with Gasteiger partial charge in [-0.2, -0.15) is 0 Å². The maximum atomic E-state index is 11.9. The topological polar surface area (TPSA) is 101 Å². The lowest BCUT2D eigenvalue weighted by molar-refractivity contribution is -0.123. The highest BCUT2D eigenvalue weighted by atomic mass is 35.5. The normalized spacial score (nSPS) is 25.2. The summed E-state index contributed by atoms with van der Waals surface area (Å²) in [5.74, 6) is 0.0129. The van der Waals surface area contributed by atoms with Crippen LogP contribution in [0.1, 0.15) is 32.6 Å². The molecule has 1 aliphatic carbocycles. The van der Waals surface area contributed by atoms with Crippen molar-refractivity contribution in [3.05, 3.63) is 0 Å². The van der Waals surface area contributed by atoms with Crippen LogP contribution in [0.4, 0.5) is 0 Å². The van der Waals surface area contributed by atoms with Gasteiger partial charge in [-0.3, -0.25) is 4.79 Å². The Morgan fingerprint density at radius 3 is 2.47 bits per heavy atom. The molecular formula is C11H24ClN3O3S. The molecule has 3 atom stereocenters. The Morgan fingerprint density at radius 1 is 1.37 bits per heavy atom. The number of nitrogens with two attached hydrogens (primary N) is 1. The van der Waals surface area contributed by atoms with E-state index < -0.39 is 16.1 Å². The summed E-state index contributed by atoms with van der Waals surface area (Å²) in [6, 6.07) is -0.680. The first-order chi connectivity index (χ1) is 8.33. The largest absolute Gasteiger partial charge is 0.352 e. The van der Waals surface area contributed by atoms with Gasteiger partial charge in [0.05, 0.1) is 12.3 Å². The molecule has 19 heavy (non-hydrogen) atoms. The molecule has 114 valence electrons. The van der Waals surface area contributed by atoms with Crippen LogP contribution in [-0.4, -0.2) is 39.2 Å². The van der Waals surface area contributed by atoms with E-state index in [1.165, 1.54) is 6.92 Å².